The fraction of sp³-hybridized carbons (Fsp3) is 0.538. The van der Waals surface area contributed by atoms with E-state index in [1.807, 2.05) is 18.2 Å². The van der Waals surface area contributed by atoms with Crippen molar-refractivity contribution in [2.75, 3.05) is 0 Å². The molecule has 0 saturated carbocycles. The Kier molecular flexibility index (Phi) is 6.18. The number of benzene rings is 1. The lowest BCUT2D eigenvalue weighted by molar-refractivity contribution is 0.539. The van der Waals surface area contributed by atoms with Crippen LogP contribution in [0.15, 0.2) is 18.2 Å². The average molecular weight is 260 g/mol. The monoisotopic (exact) mass is 259 g/mol. The van der Waals surface area contributed by atoms with Gasteiger partial charge in [-0.3, -0.25) is 0 Å². The molecular formula is C13H19Cl2N. The topological polar surface area (TPSA) is 26.0 Å². The highest BCUT2D eigenvalue weighted by atomic mass is 35.5. The predicted octanol–water partition coefficient (Wildman–Crippen LogP) is 4.44. The van der Waals surface area contributed by atoms with Gasteiger partial charge in [-0.25, -0.2) is 0 Å². The Morgan fingerprint density at radius 1 is 1.25 bits per heavy atom. The summed E-state index contributed by atoms with van der Waals surface area (Å²) in [6.45, 7) is 2.16. The van der Waals surface area contributed by atoms with Crippen molar-refractivity contribution in [3.8, 4) is 0 Å². The number of rotatable bonds is 6. The molecule has 1 atom stereocenters. The van der Waals surface area contributed by atoms with Gasteiger partial charge in [0.2, 0.25) is 0 Å². The molecule has 1 rings (SSSR count). The number of aryl methyl sites for hydroxylation is 1. The largest absolute Gasteiger partial charge is 0.328 e. The Morgan fingerprint density at radius 2 is 2.00 bits per heavy atom. The van der Waals surface area contributed by atoms with Crippen molar-refractivity contribution < 1.29 is 0 Å². The van der Waals surface area contributed by atoms with Gasteiger partial charge in [-0.05, 0) is 49.4 Å². The molecule has 0 amide bonds. The molecule has 3 heteroatoms. The van der Waals surface area contributed by atoms with Crippen molar-refractivity contribution in [1.82, 2.24) is 0 Å². The molecule has 0 spiro atoms. The summed E-state index contributed by atoms with van der Waals surface area (Å²) < 4.78 is 0. The van der Waals surface area contributed by atoms with E-state index in [4.69, 9.17) is 28.9 Å². The lowest BCUT2D eigenvalue weighted by Gasteiger charge is -2.10. The fourth-order valence-electron chi connectivity index (χ4n) is 1.80. The van der Waals surface area contributed by atoms with Crippen LogP contribution in [0.5, 0.6) is 0 Å². The molecule has 0 bridgehead atoms. The number of hydrogen-bond acceptors (Lipinski definition) is 1. The Bertz CT molecular complexity index is 326. The molecule has 0 aliphatic rings. The lowest BCUT2D eigenvalue weighted by Crippen LogP contribution is -2.19. The van der Waals surface area contributed by atoms with E-state index in [0.29, 0.717) is 6.04 Å². The minimum atomic E-state index is 0.322. The minimum Gasteiger partial charge on any atom is -0.328 e. The van der Waals surface area contributed by atoms with Crippen LogP contribution in [0.3, 0.4) is 0 Å². The van der Waals surface area contributed by atoms with Crippen LogP contribution in [0, 0.1) is 0 Å². The maximum atomic E-state index is 6.08. The molecule has 90 valence electrons. The molecule has 0 heterocycles. The Hall–Kier alpha value is -0.240. The van der Waals surface area contributed by atoms with Crippen LogP contribution >= 0.6 is 23.2 Å². The first-order chi connectivity index (χ1) is 7.63. The van der Waals surface area contributed by atoms with Crippen LogP contribution in [0.25, 0.3) is 0 Å². The van der Waals surface area contributed by atoms with E-state index in [1.54, 1.807) is 0 Å². The van der Waals surface area contributed by atoms with Gasteiger partial charge in [-0.1, -0.05) is 36.5 Å². The zero-order valence-corrected chi connectivity index (χ0v) is 11.2. The highest BCUT2D eigenvalue weighted by molar-refractivity contribution is 6.33. The highest BCUT2D eigenvalue weighted by Gasteiger charge is 2.04. The Morgan fingerprint density at radius 3 is 2.69 bits per heavy atom. The lowest BCUT2D eigenvalue weighted by atomic mass is 10.0. The molecule has 1 nitrogen and oxygen atoms in total. The summed E-state index contributed by atoms with van der Waals surface area (Å²) in [4.78, 5) is 0. The van der Waals surface area contributed by atoms with Gasteiger partial charge in [0.15, 0.2) is 0 Å². The molecule has 0 saturated heterocycles. The van der Waals surface area contributed by atoms with E-state index < -0.39 is 0 Å². The van der Waals surface area contributed by atoms with Gasteiger partial charge in [-0.2, -0.15) is 0 Å². The summed E-state index contributed by atoms with van der Waals surface area (Å²) in [7, 11) is 0. The van der Waals surface area contributed by atoms with E-state index in [9.17, 15) is 0 Å². The number of hydrogen-bond donors (Lipinski definition) is 1. The second-order valence-corrected chi connectivity index (χ2v) is 5.02. The first kappa shape index (κ1) is 13.8. The highest BCUT2D eigenvalue weighted by Crippen LogP contribution is 2.22. The normalized spacial score (nSPS) is 12.8. The molecular weight excluding hydrogens is 241 g/mol. The second-order valence-electron chi connectivity index (χ2n) is 4.18. The van der Waals surface area contributed by atoms with E-state index >= 15 is 0 Å². The smallest absolute Gasteiger partial charge is 0.0439 e. The van der Waals surface area contributed by atoms with Crippen LogP contribution in [0.4, 0.5) is 0 Å². The summed E-state index contributed by atoms with van der Waals surface area (Å²) in [5, 5.41) is 1.55. The predicted molar refractivity (Wildman–Crippen MR) is 72.3 cm³/mol. The van der Waals surface area contributed by atoms with E-state index in [1.165, 1.54) is 0 Å². The first-order valence-electron chi connectivity index (χ1n) is 5.83. The molecule has 1 unspecified atom stereocenters. The Labute approximate surface area is 108 Å². The summed E-state index contributed by atoms with van der Waals surface area (Å²) >= 11 is 12.0. The van der Waals surface area contributed by atoms with Gasteiger partial charge < -0.3 is 5.73 Å². The van der Waals surface area contributed by atoms with Crippen LogP contribution in [-0.2, 0) is 6.42 Å². The molecule has 1 aromatic rings. The SMILES string of the molecule is CCCC(N)CCCc1cc(Cl)ccc1Cl. The van der Waals surface area contributed by atoms with Crippen LogP contribution in [0.2, 0.25) is 10.0 Å². The average Bonchev–Trinajstić information content (AvgIpc) is 2.23. The first-order valence-corrected chi connectivity index (χ1v) is 6.58. The van der Waals surface area contributed by atoms with Crippen molar-refractivity contribution in [3.05, 3.63) is 33.8 Å². The van der Waals surface area contributed by atoms with E-state index in [0.717, 1.165) is 47.7 Å². The molecule has 1 aromatic carbocycles. The molecule has 0 aliphatic carbocycles. The molecule has 16 heavy (non-hydrogen) atoms. The van der Waals surface area contributed by atoms with Crippen molar-refractivity contribution in [2.24, 2.45) is 5.73 Å². The maximum Gasteiger partial charge on any atom is 0.0439 e. The zero-order chi connectivity index (χ0) is 12.0. The van der Waals surface area contributed by atoms with Crippen LogP contribution in [0.1, 0.15) is 38.2 Å². The second kappa shape index (κ2) is 7.16. The van der Waals surface area contributed by atoms with Gasteiger partial charge >= 0.3 is 0 Å². The van der Waals surface area contributed by atoms with Crippen molar-refractivity contribution in [2.45, 2.75) is 45.1 Å². The van der Waals surface area contributed by atoms with Crippen LogP contribution < -0.4 is 5.73 Å². The standard InChI is InChI=1S/C13H19Cl2N/c1-2-4-12(16)6-3-5-10-9-11(14)7-8-13(10)15/h7-9,12H,2-6,16H2,1H3. The summed E-state index contributed by atoms with van der Waals surface area (Å²) in [5.41, 5.74) is 7.08. The van der Waals surface area contributed by atoms with Crippen molar-refractivity contribution >= 4 is 23.2 Å². The van der Waals surface area contributed by atoms with Gasteiger partial charge in [0, 0.05) is 16.1 Å². The quantitative estimate of drug-likeness (QED) is 0.803. The van der Waals surface area contributed by atoms with Crippen molar-refractivity contribution in [3.63, 3.8) is 0 Å². The Balaban J connectivity index is 2.39. The van der Waals surface area contributed by atoms with Gasteiger partial charge in [-0.15, -0.1) is 0 Å². The number of nitrogens with two attached hydrogens (primary N) is 1. The zero-order valence-electron chi connectivity index (χ0n) is 9.68. The van der Waals surface area contributed by atoms with Gasteiger partial charge in [0.1, 0.15) is 0 Å². The van der Waals surface area contributed by atoms with Gasteiger partial charge in [0.05, 0.1) is 0 Å². The minimum absolute atomic E-state index is 0.322. The molecule has 0 radical (unpaired) electrons. The fourth-order valence-corrected chi connectivity index (χ4v) is 2.21. The van der Waals surface area contributed by atoms with E-state index in [-0.39, 0.29) is 0 Å². The summed E-state index contributed by atoms with van der Waals surface area (Å²) in [5.74, 6) is 0. The maximum absolute atomic E-state index is 6.08. The third-order valence-corrected chi connectivity index (χ3v) is 3.29. The third-order valence-electron chi connectivity index (χ3n) is 2.69. The van der Waals surface area contributed by atoms with E-state index in [2.05, 4.69) is 6.92 Å². The molecule has 2 N–H and O–H groups in total. The third kappa shape index (κ3) is 4.73. The summed E-state index contributed by atoms with van der Waals surface area (Å²) in [6.07, 6.45) is 5.33. The van der Waals surface area contributed by atoms with Crippen molar-refractivity contribution in [1.29, 1.82) is 0 Å². The number of halogens is 2. The molecule has 0 aromatic heterocycles. The summed E-state index contributed by atoms with van der Waals surface area (Å²) in [6, 6.07) is 5.93. The van der Waals surface area contributed by atoms with Crippen LogP contribution in [-0.4, -0.2) is 6.04 Å². The molecule has 0 fully saturated rings. The molecule has 0 aliphatic heterocycles. The van der Waals surface area contributed by atoms with Gasteiger partial charge in [0.25, 0.3) is 0 Å².